The van der Waals surface area contributed by atoms with Crippen molar-refractivity contribution < 1.29 is 4.79 Å². The molecule has 0 spiro atoms. The quantitative estimate of drug-likeness (QED) is 0.684. The molecule has 1 atom stereocenters. The molecule has 25 heavy (non-hydrogen) atoms. The van der Waals surface area contributed by atoms with Gasteiger partial charge in [0, 0.05) is 12.8 Å². The summed E-state index contributed by atoms with van der Waals surface area (Å²) in [4.78, 5) is 12.2. The Hall–Kier alpha value is -2.53. The highest BCUT2D eigenvalue weighted by Crippen LogP contribution is 2.21. The Morgan fingerprint density at radius 2 is 1.68 bits per heavy atom. The zero-order valence-electron chi connectivity index (χ0n) is 14.2. The minimum absolute atomic E-state index is 0.0258. The summed E-state index contributed by atoms with van der Waals surface area (Å²) in [5, 5.41) is 12.6. The Bertz CT molecular complexity index is 802. The molecular formula is C20H21N3OS. The van der Waals surface area contributed by atoms with E-state index in [1.807, 2.05) is 48.5 Å². The number of rotatable bonds is 7. The lowest BCUT2D eigenvalue weighted by Crippen LogP contribution is -2.14. The topological polar surface area (TPSA) is 54.9 Å². The molecule has 4 nitrogen and oxygen atoms in total. The summed E-state index contributed by atoms with van der Waals surface area (Å²) < 4.78 is 0. The van der Waals surface area contributed by atoms with E-state index in [1.54, 1.807) is 0 Å². The highest BCUT2D eigenvalue weighted by Gasteiger charge is 2.13. The molecule has 0 fully saturated rings. The minimum Gasteiger partial charge on any atom is -0.301 e. The van der Waals surface area contributed by atoms with Gasteiger partial charge in [0.2, 0.25) is 11.0 Å². The first-order valence-electron chi connectivity index (χ1n) is 8.42. The van der Waals surface area contributed by atoms with Gasteiger partial charge in [-0.3, -0.25) is 4.79 Å². The minimum atomic E-state index is -0.0258. The second-order valence-corrected chi connectivity index (χ2v) is 7.11. The average molecular weight is 351 g/mol. The summed E-state index contributed by atoms with van der Waals surface area (Å²) in [5.41, 5.74) is 2.44. The Morgan fingerprint density at radius 3 is 2.40 bits per heavy atom. The van der Waals surface area contributed by atoms with Crippen LogP contribution in [0, 0.1) is 0 Å². The molecule has 0 aliphatic carbocycles. The van der Waals surface area contributed by atoms with Crippen molar-refractivity contribution in [2.45, 2.75) is 32.1 Å². The number of nitrogens with one attached hydrogen (secondary N) is 1. The van der Waals surface area contributed by atoms with Gasteiger partial charge in [0.1, 0.15) is 5.01 Å². The van der Waals surface area contributed by atoms with Crippen molar-refractivity contribution in [2.24, 2.45) is 0 Å². The van der Waals surface area contributed by atoms with Gasteiger partial charge >= 0.3 is 0 Å². The number of amides is 1. The first-order chi connectivity index (χ1) is 12.2. The smallest absolute Gasteiger partial charge is 0.226 e. The number of anilines is 1. The number of hydrogen-bond acceptors (Lipinski definition) is 4. The molecule has 0 radical (unpaired) electrons. The third-order valence-electron chi connectivity index (χ3n) is 4.04. The van der Waals surface area contributed by atoms with E-state index in [4.69, 9.17) is 0 Å². The van der Waals surface area contributed by atoms with Crippen molar-refractivity contribution >= 4 is 22.4 Å². The van der Waals surface area contributed by atoms with Crippen molar-refractivity contribution in [1.82, 2.24) is 10.2 Å². The van der Waals surface area contributed by atoms with Crippen LogP contribution in [0.5, 0.6) is 0 Å². The fourth-order valence-electron chi connectivity index (χ4n) is 2.65. The normalized spacial score (nSPS) is 11.9. The third kappa shape index (κ3) is 5.22. The fraction of sp³-hybridized carbons (Fsp3) is 0.250. The van der Waals surface area contributed by atoms with Gasteiger partial charge in [-0.05, 0) is 23.5 Å². The third-order valence-corrected chi connectivity index (χ3v) is 4.94. The largest absolute Gasteiger partial charge is 0.301 e. The van der Waals surface area contributed by atoms with Gasteiger partial charge in [-0.25, -0.2) is 0 Å². The molecule has 1 unspecified atom stereocenters. The first kappa shape index (κ1) is 17.3. The Balaban J connectivity index is 1.50. The van der Waals surface area contributed by atoms with Crippen LogP contribution in [0.25, 0.3) is 0 Å². The van der Waals surface area contributed by atoms with Gasteiger partial charge in [-0.1, -0.05) is 78.9 Å². The zero-order valence-corrected chi connectivity index (χ0v) is 15.0. The van der Waals surface area contributed by atoms with Crippen molar-refractivity contribution in [3.05, 3.63) is 76.8 Å². The molecule has 1 aromatic heterocycles. The Kier molecular flexibility index (Phi) is 5.90. The van der Waals surface area contributed by atoms with Crippen LogP contribution in [-0.4, -0.2) is 16.1 Å². The molecule has 0 aliphatic heterocycles. The number of aromatic nitrogens is 2. The van der Waals surface area contributed by atoms with E-state index < -0.39 is 0 Å². The number of hydrogen-bond donors (Lipinski definition) is 1. The predicted molar refractivity (Wildman–Crippen MR) is 102 cm³/mol. The monoisotopic (exact) mass is 351 g/mol. The lowest BCUT2D eigenvalue weighted by atomic mass is 9.98. The van der Waals surface area contributed by atoms with Crippen LogP contribution < -0.4 is 5.32 Å². The Morgan fingerprint density at radius 1 is 1.00 bits per heavy atom. The molecule has 1 heterocycles. The van der Waals surface area contributed by atoms with E-state index in [0.717, 1.165) is 17.8 Å². The fourth-order valence-corrected chi connectivity index (χ4v) is 3.40. The van der Waals surface area contributed by atoms with Gasteiger partial charge in [0.25, 0.3) is 0 Å². The molecular weight excluding hydrogens is 330 g/mol. The standard InChI is InChI=1S/C20H21N3OS/c1-15(17-10-6-3-7-11-17)14-18(24)21-20-23-22-19(25-20)13-12-16-8-4-2-5-9-16/h2-11,15H,12-14H2,1H3,(H,21,23,24). The maximum absolute atomic E-state index is 12.2. The molecule has 5 heteroatoms. The molecule has 0 saturated carbocycles. The van der Waals surface area contributed by atoms with Gasteiger partial charge in [0.15, 0.2) is 0 Å². The summed E-state index contributed by atoms with van der Waals surface area (Å²) in [5.74, 6) is 0.147. The summed E-state index contributed by atoms with van der Waals surface area (Å²) >= 11 is 1.45. The molecule has 1 amide bonds. The zero-order chi connectivity index (χ0) is 17.5. The number of benzene rings is 2. The molecule has 0 saturated heterocycles. The highest BCUT2D eigenvalue weighted by molar-refractivity contribution is 7.15. The van der Waals surface area contributed by atoms with Gasteiger partial charge in [0.05, 0.1) is 0 Å². The average Bonchev–Trinajstić information content (AvgIpc) is 3.08. The molecule has 0 aliphatic rings. The summed E-state index contributed by atoms with van der Waals surface area (Å²) in [6.07, 6.45) is 2.19. The van der Waals surface area contributed by atoms with E-state index in [0.29, 0.717) is 11.6 Å². The Labute approximate surface area is 151 Å². The second-order valence-electron chi connectivity index (χ2n) is 6.05. The first-order valence-corrected chi connectivity index (χ1v) is 9.23. The second kappa shape index (κ2) is 8.53. The van der Waals surface area contributed by atoms with E-state index in [1.165, 1.54) is 22.5 Å². The molecule has 0 bridgehead atoms. The predicted octanol–water partition coefficient (Wildman–Crippen LogP) is 4.46. The summed E-state index contributed by atoms with van der Waals surface area (Å²) in [6.45, 7) is 2.06. The van der Waals surface area contributed by atoms with Crippen molar-refractivity contribution in [1.29, 1.82) is 0 Å². The van der Waals surface area contributed by atoms with Gasteiger partial charge in [-0.2, -0.15) is 0 Å². The van der Waals surface area contributed by atoms with Crippen LogP contribution in [0.1, 0.15) is 35.4 Å². The van der Waals surface area contributed by atoms with Crippen molar-refractivity contribution in [2.75, 3.05) is 5.32 Å². The SMILES string of the molecule is CC(CC(=O)Nc1nnc(CCc2ccccc2)s1)c1ccccc1. The van der Waals surface area contributed by atoms with Crippen LogP contribution in [-0.2, 0) is 17.6 Å². The maximum atomic E-state index is 12.2. The number of nitrogens with zero attached hydrogens (tertiary/aromatic N) is 2. The molecule has 3 rings (SSSR count). The molecule has 2 aromatic carbocycles. The lowest BCUT2D eigenvalue weighted by molar-refractivity contribution is -0.116. The highest BCUT2D eigenvalue weighted by atomic mass is 32.1. The maximum Gasteiger partial charge on any atom is 0.226 e. The molecule has 1 N–H and O–H groups in total. The van der Waals surface area contributed by atoms with Crippen LogP contribution in [0.4, 0.5) is 5.13 Å². The van der Waals surface area contributed by atoms with Crippen molar-refractivity contribution in [3.63, 3.8) is 0 Å². The summed E-state index contributed by atoms with van der Waals surface area (Å²) in [7, 11) is 0. The number of carbonyl (C=O) groups is 1. The van der Waals surface area contributed by atoms with Gasteiger partial charge < -0.3 is 5.32 Å². The van der Waals surface area contributed by atoms with Crippen LogP contribution >= 0.6 is 11.3 Å². The number of aryl methyl sites for hydroxylation is 2. The van der Waals surface area contributed by atoms with Crippen LogP contribution in [0.2, 0.25) is 0 Å². The van der Waals surface area contributed by atoms with Crippen LogP contribution in [0.15, 0.2) is 60.7 Å². The molecule has 128 valence electrons. The number of carbonyl (C=O) groups excluding carboxylic acids is 1. The van der Waals surface area contributed by atoms with E-state index >= 15 is 0 Å². The summed E-state index contributed by atoms with van der Waals surface area (Å²) in [6, 6.07) is 20.4. The van der Waals surface area contributed by atoms with Gasteiger partial charge in [-0.15, -0.1) is 10.2 Å². The van der Waals surface area contributed by atoms with E-state index in [-0.39, 0.29) is 11.8 Å². The van der Waals surface area contributed by atoms with Crippen LogP contribution in [0.3, 0.4) is 0 Å². The molecule has 3 aromatic rings. The van der Waals surface area contributed by atoms with E-state index in [9.17, 15) is 4.79 Å². The van der Waals surface area contributed by atoms with Crippen molar-refractivity contribution in [3.8, 4) is 0 Å². The van der Waals surface area contributed by atoms with E-state index in [2.05, 4.69) is 34.6 Å². The lowest BCUT2D eigenvalue weighted by Gasteiger charge is -2.10.